The zero-order valence-electron chi connectivity index (χ0n) is 12.7. The summed E-state index contributed by atoms with van der Waals surface area (Å²) in [4.78, 5) is 21.6. The summed E-state index contributed by atoms with van der Waals surface area (Å²) in [6, 6.07) is 0. The van der Waals surface area contributed by atoms with E-state index in [9.17, 15) is 0 Å². The topological polar surface area (TPSA) is 487 Å². The van der Waals surface area contributed by atoms with Crippen LogP contribution in [0.4, 0.5) is 0 Å². The van der Waals surface area contributed by atoms with Crippen LogP contribution in [0.5, 0.6) is 0 Å². The predicted octanol–water partition coefficient (Wildman–Crippen LogP) is -17.4. The van der Waals surface area contributed by atoms with Crippen LogP contribution in [0.1, 0.15) is 2.85 Å². The van der Waals surface area contributed by atoms with Crippen LogP contribution in [0.2, 0.25) is 0 Å². The van der Waals surface area contributed by atoms with Crippen LogP contribution in [0, 0.1) is 0 Å². The summed E-state index contributed by atoms with van der Waals surface area (Å²) in [7, 11) is -4.64. The maximum absolute atomic E-state index is 8.88. The molecular formula is H31Na2O17P. The Kier molecular flexibility index (Phi) is 2010. The van der Waals surface area contributed by atoms with Crippen LogP contribution in [0.15, 0.2) is 0 Å². The van der Waals surface area contributed by atoms with E-state index in [0.717, 1.165) is 0 Å². The van der Waals surface area contributed by atoms with Gasteiger partial charge in [0.2, 0.25) is 0 Å². The van der Waals surface area contributed by atoms with Gasteiger partial charge in [0.15, 0.2) is 0 Å². The molecule has 0 saturated heterocycles. The molecule has 0 aliphatic carbocycles. The largest absolute Gasteiger partial charge is 1.00 e. The Bertz CT molecular complexity index is 70.8. The van der Waals surface area contributed by atoms with E-state index in [1.54, 1.807) is 0 Å². The van der Waals surface area contributed by atoms with Crippen molar-refractivity contribution in [3.63, 3.8) is 0 Å². The molecule has 0 unspecified atom stereocenters. The van der Waals surface area contributed by atoms with Gasteiger partial charge in [-0.2, -0.15) is 0 Å². The molecule has 0 fully saturated rings. The first kappa shape index (κ1) is 293. The van der Waals surface area contributed by atoms with Gasteiger partial charge in [-0.25, -0.2) is 4.57 Å². The summed E-state index contributed by atoms with van der Waals surface area (Å²) in [6.07, 6.45) is 0. The van der Waals surface area contributed by atoms with E-state index in [-0.39, 0.29) is 133 Å². The summed E-state index contributed by atoms with van der Waals surface area (Å²) < 4.78 is 8.88. The molecule has 0 bridgehead atoms. The quantitative estimate of drug-likeness (QED) is 0.272. The first-order chi connectivity index (χ1) is 2.00. The molecule has 20 heteroatoms. The van der Waals surface area contributed by atoms with Gasteiger partial charge in [-0.1, -0.05) is 0 Å². The van der Waals surface area contributed by atoms with Gasteiger partial charge in [0.05, 0.1) is 0 Å². The van der Waals surface area contributed by atoms with Gasteiger partial charge in [-0.15, -0.1) is 0 Å². The molecule has 17 nitrogen and oxygen atoms in total. The summed E-state index contributed by atoms with van der Waals surface area (Å²) in [6.45, 7) is 0. The van der Waals surface area contributed by atoms with E-state index < -0.39 is 7.82 Å². The van der Waals surface area contributed by atoms with Gasteiger partial charge in [-0.3, -0.25) is 0 Å². The van der Waals surface area contributed by atoms with Gasteiger partial charge >= 0.3 is 66.9 Å². The standard InChI is InChI=1S/2Na.H3O4P.13H2O.2H/c;;1-5(2,3)4;;;;;;;;;;;;;;;/h;;(H3,1,2,3,4);13*1H2;;/q2*+1;;;;;;;;;;;;;;;2*-1. The zero-order chi connectivity index (χ0) is 4.50. The van der Waals surface area contributed by atoms with Gasteiger partial charge < -0.3 is 88.7 Å². The molecule has 20 heavy (non-hydrogen) atoms. The van der Waals surface area contributed by atoms with Gasteiger partial charge in [0.1, 0.15) is 0 Å². The maximum Gasteiger partial charge on any atom is 1.00 e. The van der Waals surface area contributed by atoms with Crippen molar-refractivity contribution in [1.29, 1.82) is 0 Å². The molecule has 0 aromatic rings. The van der Waals surface area contributed by atoms with E-state index in [1.807, 2.05) is 0 Å². The molecule has 0 aromatic heterocycles. The molecule has 0 heterocycles. The molecule has 0 amide bonds. The second-order valence-electron chi connectivity index (χ2n) is 0.513. The summed E-state index contributed by atoms with van der Waals surface area (Å²) in [5, 5.41) is 0. The van der Waals surface area contributed by atoms with E-state index >= 15 is 0 Å². The first-order valence-electron chi connectivity index (χ1n) is 0.783. The normalized spacial score (nSPS) is 2.95. The van der Waals surface area contributed by atoms with Crippen LogP contribution in [0.3, 0.4) is 0 Å². The molecule has 0 atom stereocenters. The monoisotopic (exact) mass is 380 g/mol. The van der Waals surface area contributed by atoms with Gasteiger partial charge in [0.25, 0.3) is 0 Å². The van der Waals surface area contributed by atoms with Crippen LogP contribution in [0.25, 0.3) is 0 Å². The average molecular weight is 380 g/mol. The van der Waals surface area contributed by atoms with Crippen LogP contribution in [-0.4, -0.2) is 85.9 Å². The Morgan fingerprint density at radius 3 is 0.450 bits per heavy atom. The van der Waals surface area contributed by atoms with Crippen LogP contribution in [-0.2, 0) is 4.57 Å². The Morgan fingerprint density at radius 2 is 0.450 bits per heavy atom. The van der Waals surface area contributed by atoms with Crippen molar-refractivity contribution in [1.82, 2.24) is 0 Å². The minimum Gasteiger partial charge on any atom is -1.00 e. The smallest absolute Gasteiger partial charge is 1.00 e. The summed E-state index contributed by atoms with van der Waals surface area (Å²) in [5.41, 5.74) is 0. The third kappa shape index (κ3) is 2680. The van der Waals surface area contributed by atoms with Crippen LogP contribution >= 0.6 is 7.82 Å². The molecule has 0 aliphatic rings. The molecular weight excluding hydrogens is 349 g/mol. The van der Waals surface area contributed by atoms with E-state index in [0.29, 0.717) is 0 Å². The third-order valence-electron chi connectivity index (χ3n) is 0. The van der Waals surface area contributed by atoms with E-state index in [1.165, 1.54) is 0 Å². The number of rotatable bonds is 0. The second-order valence-corrected chi connectivity index (χ2v) is 1.54. The number of phosphoric acid groups is 1. The molecule has 0 aromatic carbocycles. The summed E-state index contributed by atoms with van der Waals surface area (Å²) >= 11 is 0. The van der Waals surface area contributed by atoms with Crippen molar-refractivity contribution in [2.24, 2.45) is 0 Å². The van der Waals surface area contributed by atoms with Crippen molar-refractivity contribution in [3.05, 3.63) is 0 Å². The minimum atomic E-state index is -4.64. The van der Waals surface area contributed by atoms with E-state index in [2.05, 4.69) is 0 Å². The van der Waals surface area contributed by atoms with Crippen LogP contribution < -0.4 is 59.1 Å². The molecule has 0 rings (SSSR count). The molecule has 0 spiro atoms. The van der Waals surface area contributed by atoms with Gasteiger partial charge in [-0.05, 0) is 0 Å². The minimum absolute atomic E-state index is 0. The second kappa shape index (κ2) is 137. The fourth-order valence-electron chi connectivity index (χ4n) is 0. The molecule has 0 saturated carbocycles. The van der Waals surface area contributed by atoms with Crippen molar-refractivity contribution in [2.45, 2.75) is 0 Å². The Labute approximate surface area is 159 Å². The SMILES string of the molecule is O.O.O.O.O.O.O.O.O.O.O.O.O.O=P(O)(O)O.[H-].[H-].[Na+].[Na+]. The molecule has 140 valence electrons. The first-order valence-corrected chi connectivity index (χ1v) is 2.35. The van der Waals surface area contributed by atoms with Crippen molar-refractivity contribution in [3.8, 4) is 0 Å². The number of hydrogen-bond donors (Lipinski definition) is 3. The van der Waals surface area contributed by atoms with Crippen molar-refractivity contribution >= 4 is 7.82 Å². The maximum atomic E-state index is 8.88. The Balaban J connectivity index is -0.000000000588. The predicted molar refractivity (Wildman–Crippen MR) is 63.5 cm³/mol. The average Bonchev–Trinajstić information content (AvgIpc) is 0.722. The Morgan fingerprint density at radius 1 is 0.450 bits per heavy atom. The fraction of sp³-hybridized carbons (Fsp3) is 0. The third-order valence-corrected chi connectivity index (χ3v) is 0. The summed E-state index contributed by atoms with van der Waals surface area (Å²) in [5.74, 6) is 0. The zero-order valence-corrected chi connectivity index (χ0v) is 15.6. The molecule has 0 radical (unpaired) electrons. The van der Waals surface area contributed by atoms with Crippen molar-refractivity contribution in [2.75, 3.05) is 0 Å². The Hall–Kier alpha value is 1.59. The number of hydrogen-bond acceptors (Lipinski definition) is 1. The fourth-order valence-corrected chi connectivity index (χ4v) is 0. The molecule has 0 aliphatic heterocycles. The van der Waals surface area contributed by atoms with Gasteiger partial charge in [0, 0.05) is 0 Å². The molecule has 29 N–H and O–H groups in total. The van der Waals surface area contributed by atoms with Crippen molar-refractivity contribution < 1.29 is 152 Å². The van der Waals surface area contributed by atoms with E-state index in [4.69, 9.17) is 19.2 Å².